The van der Waals surface area contributed by atoms with Gasteiger partial charge in [0.05, 0.1) is 20.3 Å². The van der Waals surface area contributed by atoms with Crippen LogP contribution in [0.3, 0.4) is 0 Å². The zero-order valence-corrected chi connectivity index (χ0v) is 12.2. The molecule has 2 aromatic heterocycles. The van der Waals surface area contributed by atoms with Gasteiger partial charge in [0.2, 0.25) is 5.88 Å². The predicted molar refractivity (Wildman–Crippen MR) is 76.5 cm³/mol. The minimum absolute atomic E-state index is 0.520. The predicted octanol–water partition coefficient (Wildman–Crippen LogP) is 0.830. The quantitative estimate of drug-likeness (QED) is 0.843. The lowest BCUT2D eigenvalue weighted by atomic mass is 10.4. The topological polar surface area (TPSA) is 68.2 Å². The lowest BCUT2D eigenvalue weighted by Crippen LogP contribution is -2.38. The van der Waals surface area contributed by atoms with E-state index >= 15 is 0 Å². The Morgan fingerprint density at radius 1 is 1.35 bits per heavy atom. The molecule has 0 saturated carbocycles. The van der Waals surface area contributed by atoms with Crippen LogP contribution in [0.1, 0.15) is 0 Å². The lowest BCUT2D eigenvalue weighted by molar-refractivity contribution is 0.0364. The van der Waals surface area contributed by atoms with Crippen LogP contribution in [0.2, 0.25) is 0 Å². The van der Waals surface area contributed by atoms with Crippen LogP contribution in [0, 0.1) is 4.77 Å². The van der Waals surface area contributed by atoms with Crippen LogP contribution in [0.15, 0.2) is 6.33 Å². The molecule has 1 aliphatic heterocycles. The van der Waals surface area contributed by atoms with Crippen molar-refractivity contribution in [3.63, 3.8) is 0 Å². The molecule has 0 radical (unpaired) electrons. The number of nitrogens with one attached hydrogen (secondary N) is 1. The van der Waals surface area contributed by atoms with Crippen molar-refractivity contribution in [2.45, 2.75) is 6.54 Å². The number of fused-ring (bicyclic) bond motifs is 1. The van der Waals surface area contributed by atoms with E-state index < -0.39 is 0 Å². The van der Waals surface area contributed by atoms with E-state index in [-0.39, 0.29) is 0 Å². The van der Waals surface area contributed by atoms with Gasteiger partial charge in [-0.2, -0.15) is 4.98 Å². The number of methoxy groups -OCH3 is 1. The smallest absolute Gasteiger partial charge is 0.242 e. The molecule has 0 amide bonds. The fourth-order valence-electron chi connectivity index (χ4n) is 2.37. The third-order valence-corrected chi connectivity index (χ3v) is 3.78. The first-order chi connectivity index (χ1) is 9.79. The minimum Gasteiger partial charge on any atom is -0.479 e. The number of ether oxygens (including phenoxy) is 2. The Balaban J connectivity index is 1.84. The summed E-state index contributed by atoms with van der Waals surface area (Å²) in [6.45, 7) is 5.25. The van der Waals surface area contributed by atoms with Crippen LogP contribution in [-0.4, -0.2) is 64.4 Å². The molecule has 0 aromatic carbocycles. The Hall–Kier alpha value is -1.51. The number of nitrogens with zero attached hydrogens (tertiary/aromatic N) is 4. The molecule has 0 unspecified atom stereocenters. The van der Waals surface area contributed by atoms with Gasteiger partial charge in [-0.1, -0.05) is 0 Å². The van der Waals surface area contributed by atoms with Crippen molar-refractivity contribution in [3.05, 3.63) is 11.1 Å². The van der Waals surface area contributed by atoms with Gasteiger partial charge in [-0.3, -0.25) is 4.90 Å². The van der Waals surface area contributed by atoms with Gasteiger partial charge in [0.15, 0.2) is 10.4 Å². The van der Waals surface area contributed by atoms with Crippen LogP contribution >= 0.6 is 12.2 Å². The highest BCUT2D eigenvalue weighted by Gasteiger charge is 2.14. The molecule has 0 aliphatic carbocycles. The summed E-state index contributed by atoms with van der Waals surface area (Å²) in [6.07, 6.45) is 1.50. The Morgan fingerprint density at radius 3 is 2.90 bits per heavy atom. The zero-order chi connectivity index (χ0) is 13.9. The number of hydrogen-bond acceptors (Lipinski definition) is 6. The maximum Gasteiger partial charge on any atom is 0.242 e. The first kappa shape index (κ1) is 13.5. The summed E-state index contributed by atoms with van der Waals surface area (Å²) in [6, 6.07) is 0. The van der Waals surface area contributed by atoms with Crippen molar-refractivity contribution >= 4 is 23.4 Å². The zero-order valence-electron chi connectivity index (χ0n) is 11.3. The summed E-state index contributed by atoms with van der Waals surface area (Å²) in [5.74, 6) is 0.520. The molecule has 1 saturated heterocycles. The van der Waals surface area contributed by atoms with Gasteiger partial charge in [0.25, 0.3) is 0 Å². The van der Waals surface area contributed by atoms with Gasteiger partial charge >= 0.3 is 0 Å². The first-order valence-electron chi connectivity index (χ1n) is 6.57. The first-order valence-corrected chi connectivity index (χ1v) is 6.98. The average molecular weight is 295 g/mol. The molecule has 8 heteroatoms. The molecule has 1 fully saturated rings. The molecule has 0 bridgehead atoms. The van der Waals surface area contributed by atoms with Crippen LogP contribution < -0.4 is 4.74 Å². The second-order valence-electron chi connectivity index (χ2n) is 4.62. The fourth-order valence-corrected chi connectivity index (χ4v) is 2.65. The van der Waals surface area contributed by atoms with E-state index in [1.54, 1.807) is 7.11 Å². The van der Waals surface area contributed by atoms with E-state index in [2.05, 4.69) is 19.9 Å². The number of rotatable bonds is 4. The minimum atomic E-state index is 0.520. The molecule has 1 aliphatic rings. The van der Waals surface area contributed by atoms with Crippen LogP contribution in [0.25, 0.3) is 11.2 Å². The van der Waals surface area contributed by atoms with Gasteiger partial charge < -0.3 is 19.0 Å². The van der Waals surface area contributed by atoms with E-state index in [1.165, 1.54) is 6.33 Å². The standard InChI is InChI=1S/C12H17N5O2S/c1-18-11-9-10(13-8-14-11)17(12(20)15-9)3-2-16-4-6-19-7-5-16/h8H,2-7H2,1H3,(H,15,20). The number of H-pyrrole nitrogens is 1. The van der Waals surface area contributed by atoms with Crippen molar-refractivity contribution in [2.24, 2.45) is 0 Å². The van der Waals surface area contributed by atoms with E-state index in [4.69, 9.17) is 21.7 Å². The second-order valence-corrected chi connectivity index (χ2v) is 5.00. The summed E-state index contributed by atoms with van der Waals surface area (Å²) < 4.78 is 13.2. The van der Waals surface area contributed by atoms with Crippen molar-refractivity contribution in [1.29, 1.82) is 0 Å². The summed E-state index contributed by atoms with van der Waals surface area (Å²) in [5.41, 5.74) is 1.54. The summed E-state index contributed by atoms with van der Waals surface area (Å²) >= 11 is 5.37. The molecular weight excluding hydrogens is 278 g/mol. The number of morpholine rings is 1. The summed E-state index contributed by atoms with van der Waals surface area (Å²) in [4.78, 5) is 13.9. The van der Waals surface area contributed by atoms with E-state index in [1.807, 2.05) is 4.57 Å². The monoisotopic (exact) mass is 295 g/mol. The number of aromatic nitrogens is 4. The van der Waals surface area contributed by atoms with Crippen molar-refractivity contribution in [1.82, 2.24) is 24.4 Å². The molecule has 0 atom stereocenters. The molecule has 3 heterocycles. The van der Waals surface area contributed by atoms with Gasteiger partial charge in [0.1, 0.15) is 11.8 Å². The van der Waals surface area contributed by atoms with Crippen LogP contribution in [0.5, 0.6) is 5.88 Å². The SMILES string of the molecule is COc1ncnc2c1[nH]c(=S)n2CCN1CCOCC1. The Morgan fingerprint density at radius 2 is 2.15 bits per heavy atom. The molecule has 1 N–H and O–H groups in total. The van der Waals surface area contributed by atoms with Crippen molar-refractivity contribution in [3.8, 4) is 5.88 Å². The van der Waals surface area contributed by atoms with Gasteiger partial charge in [-0.25, -0.2) is 4.98 Å². The van der Waals surface area contributed by atoms with Crippen LogP contribution in [0.4, 0.5) is 0 Å². The largest absolute Gasteiger partial charge is 0.479 e. The highest BCUT2D eigenvalue weighted by molar-refractivity contribution is 7.71. The summed E-state index contributed by atoms with van der Waals surface area (Å²) in [7, 11) is 1.59. The fraction of sp³-hybridized carbons (Fsp3) is 0.583. The number of imidazole rings is 1. The van der Waals surface area contributed by atoms with Crippen molar-refractivity contribution in [2.75, 3.05) is 40.0 Å². The third-order valence-electron chi connectivity index (χ3n) is 3.46. The van der Waals surface area contributed by atoms with Gasteiger partial charge in [0, 0.05) is 26.2 Å². The van der Waals surface area contributed by atoms with Gasteiger partial charge in [-0.05, 0) is 12.2 Å². The molecule has 0 spiro atoms. The van der Waals surface area contributed by atoms with E-state index in [0.717, 1.165) is 50.6 Å². The Bertz CT molecular complexity index is 647. The normalized spacial score (nSPS) is 16.6. The maximum absolute atomic E-state index is 5.37. The molecule has 20 heavy (non-hydrogen) atoms. The average Bonchev–Trinajstić information content (AvgIpc) is 2.81. The second kappa shape index (κ2) is 5.86. The highest BCUT2D eigenvalue weighted by Crippen LogP contribution is 2.19. The summed E-state index contributed by atoms with van der Waals surface area (Å²) in [5, 5.41) is 0. The van der Waals surface area contributed by atoms with Crippen molar-refractivity contribution < 1.29 is 9.47 Å². The Kier molecular flexibility index (Phi) is 3.95. The van der Waals surface area contributed by atoms with E-state index in [9.17, 15) is 0 Å². The van der Waals surface area contributed by atoms with E-state index in [0.29, 0.717) is 10.7 Å². The molecule has 2 aromatic rings. The highest BCUT2D eigenvalue weighted by atomic mass is 32.1. The maximum atomic E-state index is 5.37. The third kappa shape index (κ3) is 2.54. The lowest BCUT2D eigenvalue weighted by Gasteiger charge is -2.26. The number of aromatic amines is 1. The molecular formula is C12H17N5O2S. The molecule has 7 nitrogen and oxygen atoms in total. The Labute approximate surface area is 121 Å². The number of hydrogen-bond donors (Lipinski definition) is 1. The molecule has 108 valence electrons. The van der Waals surface area contributed by atoms with Gasteiger partial charge in [-0.15, -0.1) is 0 Å². The van der Waals surface area contributed by atoms with Crippen LogP contribution in [-0.2, 0) is 11.3 Å². The molecule has 3 rings (SSSR count).